The lowest BCUT2D eigenvalue weighted by Gasteiger charge is -2.29. The van der Waals surface area contributed by atoms with E-state index < -0.39 is 133 Å². The lowest BCUT2D eigenvalue weighted by molar-refractivity contribution is -0.152. The summed E-state index contributed by atoms with van der Waals surface area (Å²) in [6.07, 6.45) is -3.84. The van der Waals surface area contributed by atoms with E-state index in [4.69, 9.17) is 15.6 Å². The normalized spacial score (nSPS) is 14.1. The Morgan fingerprint density at radius 3 is 1.35 bits per heavy atom. The molecule has 0 aliphatic rings. The first-order valence-electron chi connectivity index (χ1n) is 24.0. The number of methoxy groups -OCH3 is 1. The van der Waals surface area contributed by atoms with E-state index in [2.05, 4.69) is 37.2 Å². The van der Waals surface area contributed by atoms with Crippen molar-refractivity contribution in [2.75, 3.05) is 20.3 Å². The summed E-state index contributed by atoms with van der Waals surface area (Å²) in [5, 5.41) is 88.2. The highest BCUT2D eigenvalue weighted by molar-refractivity contribution is 5.99. The van der Waals surface area contributed by atoms with Gasteiger partial charge in [0.05, 0.1) is 13.7 Å². The number of rotatable bonds is 30. The third-order valence-corrected chi connectivity index (χ3v) is 11.4. The second-order valence-corrected chi connectivity index (χ2v) is 18.6. The maximum absolute atomic E-state index is 14.2. The highest BCUT2D eigenvalue weighted by Crippen LogP contribution is 2.25. The number of primary amides is 1. The number of aromatic hydroxyl groups is 3. The maximum Gasteiger partial charge on any atom is 0.335 e. The number of carbonyl (C=O) groups excluding carboxylic acids is 8. The van der Waals surface area contributed by atoms with E-state index in [9.17, 15) is 78.6 Å². The topological polar surface area (TPSA) is 444 Å². The highest BCUT2D eigenvalue weighted by Gasteiger charge is 2.39. The molecule has 0 aliphatic heterocycles. The number of phenols is 3. The van der Waals surface area contributed by atoms with Crippen molar-refractivity contribution in [1.29, 1.82) is 0 Å². The number of benzene rings is 3. The summed E-state index contributed by atoms with van der Waals surface area (Å²) < 4.78 is 5.32. The molecule has 0 spiro atoms. The molecular weight excluding hydrogens is 1010 g/mol. The number of aliphatic carboxylic acids is 2. The molecule has 77 heavy (non-hydrogen) atoms. The molecule has 0 fully saturated rings. The fourth-order valence-corrected chi connectivity index (χ4v) is 7.58. The Hall–Kier alpha value is -8.72. The molecule has 0 bridgehead atoms. The van der Waals surface area contributed by atoms with Crippen molar-refractivity contribution < 1.29 is 88.4 Å². The van der Waals surface area contributed by atoms with Crippen LogP contribution in [0.5, 0.6) is 23.0 Å². The molecule has 0 aromatic heterocycles. The van der Waals surface area contributed by atoms with Gasteiger partial charge in [-0.15, -0.1) is 0 Å². The molecule has 0 saturated heterocycles. The molecule has 8 atom stereocenters. The molecule has 0 aliphatic carbocycles. The quantitative estimate of drug-likeness (QED) is 0.0329. The van der Waals surface area contributed by atoms with Gasteiger partial charge in [-0.1, -0.05) is 58.0 Å². The first kappa shape index (κ1) is 62.6. The Kier molecular flexibility index (Phi) is 24.4. The molecule has 3 aromatic rings. The van der Waals surface area contributed by atoms with Crippen LogP contribution < -0.4 is 53.0 Å². The first-order valence-corrected chi connectivity index (χ1v) is 24.0. The van der Waals surface area contributed by atoms with Gasteiger partial charge >= 0.3 is 18.0 Å². The predicted octanol–water partition coefficient (Wildman–Crippen LogP) is -2.48. The summed E-state index contributed by atoms with van der Waals surface area (Å²) >= 11 is 0. The summed E-state index contributed by atoms with van der Waals surface area (Å²) in [4.78, 5) is 132. The van der Waals surface area contributed by atoms with Crippen LogP contribution >= 0.6 is 0 Å². The number of carbonyl (C=O) groups is 10. The standard InChI is InChI=1S/C50H67N9O18/c1-24(2)16-32(42(67)52-22-39(64)65)53-45(70)36(20-28-10-15-31(63)21-38(28)77-5)56-47(72)37(23-60)57-48(73)40(41(66)49(74)75)59-46(71)33(17-25(3)4)54-43(68)34(18-26-6-11-29(61)12-7-26)55-44(69)35(58-50(51)76)19-27-8-13-30(62)14-9-27/h6-15,21,24-25,32-37,40-41,60-63,66H,16-20,22-23H2,1-5H3,(H,52,67)(H,53,70)(H,54,68)(H,55,69)(H,56,72)(H,57,73)(H,59,71)(H,64,65)(H,74,75)(H3,51,58,76). The summed E-state index contributed by atoms with van der Waals surface area (Å²) in [7, 11) is 1.25. The molecule has 3 rings (SSSR count). The van der Waals surface area contributed by atoms with Crippen molar-refractivity contribution in [2.24, 2.45) is 17.6 Å². The molecule has 17 N–H and O–H groups in total. The average Bonchev–Trinajstić information content (AvgIpc) is 3.36. The third-order valence-electron chi connectivity index (χ3n) is 11.4. The van der Waals surface area contributed by atoms with Crippen molar-refractivity contribution >= 4 is 59.3 Å². The number of hydrogen-bond donors (Lipinski definition) is 16. The fraction of sp³-hybridized carbons (Fsp3) is 0.440. The molecule has 9 amide bonds. The van der Waals surface area contributed by atoms with Crippen molar-refractivity contribution in [3.05, 3.63) is 83.4 Å². The van der Waals surface area contributed by atoms with Gasteiger partial charge in [-0.05, 0) is 71.7 Å². The highest BCUT2D eigenvalue weighted by atomic mass is 16.5. The van der Waals surface area contributed by atoms with Gasteiger partial charge in [0.2, 0.25) is 41.4 Å². The second kappa shape index (κ2) is 30.0. The fourth-order valence-electron chi connectivity index (χ4n) is 7.58. The van der Waals surface area contributed by atoms with E-state index in [0.29, 0.717) is 11.1 Å². The number of aliphatic hydroxyl groups excluding tert-OH is 2. The van der Waals surface area contributed by atoms with Crippen LogP contribution in [0.2, 0.25) is 0 Å². The van der Waals surface area contributed by atoms with Crippen molar-refractivity contribution in [2.45, 2.75) is 108 Å². The monoisotopic (exact) mass is 1080 g/mol. The SMILES string of the molecule is COc1cc(O)ccc1CC(NC(=O)C(CO)NC(=O)C(NC(=O)C(CC(C)C)NC(=O)C(Cc1ccc(O)cc1)NC(=O)C(Cc1ccc(O)cc1)NC(N)=O)C(O)C(=O)O)C(=O)NC(CC(C)C)C(=O)NCC(=O)O. The Morgan fingerprint density at radius 2 is 0.922 bits per heavy atom. The number of carboxylic acid groups (broad SMARTS) is 2. The van der Waals surface area contributed by atoms with Crippen molar-refractivity contribution in [3.8, 4) is 23.0 Å². The summed E-state index contributed by atoms with van der Waals surface area (Å²) in [6, 6.07) is 1.67. The van der Waals surface area contributed by atoms with Crippen LogP contribution in [-0.2, 0) is 62.4 Å². The average molecular weight is 1080 g/mol. The minimum atomic E-state index is -2.74. The molecule has 0 heterocycles. The van der Waals surface area contributed by atoms with Gasteiger partial charge in [0, 0.05) is 25.3 Å². The van der Waals surface area contributed by atoms with Gasteiger partial charge in [0.1, 0.15) is 71.8 Å². The number of urea groups is 1. The summed E-state index contributed by atoms with van der Waals surface area (Å²) in [6.45, 7) is 4.66. The van der Waals surface area contributed by atoms with Gasteiger partial charge in [-0.3, -0.25) is 38.4 Å². The van der Waals surface area contributed by atoms with E-state index in [-0.39, 0.29) is 60.2 Å². The number of nitrogens with one attached hydrogen (secondary N) is 8. The third kappa shape index (κ3) is 20.8. The maximum atomic E-state index is 14.2. The van der Waals surface area contributed by atoms with Crippen molar-refractivity contribution in [1.82, 2.24) is 42.5 Å². The van der Waals surface area contributed by atoms with Crippen LogP contribution in [-0.4, -0.2) is 164 Å². The van der Waals surface area contributed by atoms with Crippen LogP contribution in [0, 0.1) is 11.8 Å². The number of aliphatic hydroxyl groups is 2. The zero-order chi connectivity index (χ0) is 57.7. The number of hydrogen-bond acceptors (Lipinski definition) is 16. The van der Waals surface area contributed by atoms with Crippen molar-refractivity contribution in [3.63, 3.8) is 0 Å². The number of phenolic OH excluding ortho intramolecular Hbond substituents is 3. The van der Waals surface area contributed by atoms with E-state index >= 15 is 0 Å². The predicted molar refractivity (Wildman–Crippen MR) is 270 cm³/mol. The molecule has 0 saturated carbocycles. The summed E-state index contributed by atoms with van der Waals surface area (Å²) in [5.41, 5.74) is 6.43. The molecule has 27 nitrogen and oxygen atoms in total. The van der Waals surface area contributed by atoms with Gasteiger partial charge in [-0.2, -0.15) is 0 Å². The van der Waals surface area contributed by atoms with Gasteiger partial charge in [0.25, 0.3) is 0 Å². The minimum absolute atomic E-state index is 0.00700. The molecule has 420 valence electrons. The molecule has 0 radical (unpaired) electrons. The van der Waals surface area contributed by atoms with Crippen LogP contribution in [0.1, 0.15) is 57.2 Å². The van der Waals surface area contributed by atoms with E-state index in [1.165, 1.54) is 73.8 Å². The van der Waals surface area contributed by atoms with E-state index in [1.54, 1.807) is 27.7 Å². The Balaban J connectivity index is 1.95. The zero-order valence-electron chi connectivity index (χ0n) is 42.8. The van der Waals surface area contributed by atoms with E-state index in [0.717, 1.165) is 0 Å². The van der Waals surface area contributed by atoms with E-state index in [1.807, 2.05) is 5.32 Å². The number of ether oxygens (including phenoxy) is 1. The molecule has 27 heteroatoms. The van der Waals surface area contributed by atoms with Crippen LogP contribution in [0.15, 0.2) is 66.7 Å². The first-order chi connectivity index (χ1) is 36.2. The van der Waals surface area contributed by atoms with Crippen LogP contribution in [0.25, 0.3) is 0 Å². The largest absolute Gasteiger partial charge is 0.508 e. The van der Waals surface area contributed by atoms with Gasteiger partial charge in [0.15, 0.2) is 6.10 Å². The smallest absolute Gasteiger partial charge is 0.335 e. The Morgan fingerprint density at radius 1 is 0.519 bits per heavy atom. The number of nitrogens with two attached hydrogens (primary N) is 1. The second-order valence-electron chi connectivity index (χ2n) is 18.6. The van der Waals surface area contributed by atoms with Gasteiger partial charge < -0.3 is 88.8 Å². The van der Waals surface area contributed by atoms with Crippen LogP contribution in [0.4, 0.5) is 4.79 Å². The number of carboxylic acids is 2. The van der Waals surface area contributed by atoms with Gasteiger partial charge in [-0.25, -0.2) is 9.59 Å². The lowest BCUT2D eigenvalue weighted by Crippen LogP contribution is -2.63. The Labute approximate surface area is 441 Å². The molecule has 8 unspecified atom stereocenters. The Bertz CT molecular complexity index is 2560. The zero-order valence-corrected chi connectivity index (χ0v) is 42.8. The summed E-state index contributed by atoms with van der Waals surface area (Å²) in [5.74, 6) is -12.5. The lowest BCUT2D eigenvalue weighted by atomic mass is 9.99. The number of amides is 9. The molecule has 3 aromatic carbocycles. The van der Waals surface area contributed by atoms with Crippen LogP contribution in [0.3, 0.4) is 0 Å². The molecular formula is C50H67N9O18. The minimum Gasteiger partial charge on any atom is -0.508 e.